The number of rotatable bonds is 7. The van der Waals surface area contributed by atoms with Crippen molar-refractivity contribution in [2.45, 2.75) is 6.92 Å². The second-order valence-corrected chi connectivity index (χ2v) is 8.87. The van der Waals surface area contributed by atoms with Crippen molar-refractivity contribution >= 4 is 39.9 Å². The summed E-state index contributed by atoms with van der Waals surface area (Å²) in [6.45, 7) is 1.38. The van der Waals surface area contributed by atoms with Crippen LogP contribution in [0.2, 0.25) is 0 Å². The standard InChI is InChI=1S/C27H22N4O4S/c1-17-25-21(27(33)35-16-24(32)28-18-8-6-11-20(14-18)34-2)15-22(23-12-7-13-36-23)29-26(25)31(30-17)19-9-4-3-5-10-19/h3-15H,16H2,1-2H3,(H,28,32). The summed E-state index contributed by atoms with van der Waals surface area (Å²) in [5.41, 5.74) is 3.47. The number of carbonyl (C=O) groups is 2. The first kappa shape index (κ1) is 23.3. The third-order valence-electron chi connectivity index (χ3n) is 5.49. The molecule has 9 heteroatoms. The van der Waals surface area contributed by atoms with Crippen LogP contribution < -0.4 is 10.1 Å². The number of aromatic nitrogens is 3. The summed E-state index contributed by atoms with van der Waals surface area (Å²) in [5, 5.41) is 9.89. The quantitative estimate of drug-likeness (QED) is 0.308. The highest BCUT2D eigenvalue weighted by Crippen LogP contribution is 2.31. The summed E-state index contributed by atoms with van der Waals surface area (Å²) >= 11 is 1.52. The highest BCUT2D eigenvalue weighted by atomic mass is 32.1. The highest BCUT2D eigenvalue weighted by Gasteiger charge is 2.22. The number of pyridine rings is 1. The van der Waals surface area contributed by atoms with E-state index in [1.54, 1.807) is 42.1 Å². The van der Waals surface area contributed by atoms with E-state index in [1.807, 2.05) is 54.8 Å². The van der Waals surface area contributed by atoms with Crippen molar-refractivity contribution in [3.8, 4) is 22.0 Å². The molecule has 0 bridgehead atoms. The Morgan fingerprint density at radius 2 is 1.86 bits per heavy atom. The first-order chi connectivity index (χ1) is 17.5. The molecule has 0 aliphatic carbocycles. The third-order valence-corrected chi connectivity index (χ3v) is 6.39. The van der Waals surface area contributed by atoms with E-state index in [4.69, 9.17) is 14.5 Å². The Hall–Kier alpha value is -4.50. The van der Waals surface area contributed by atoms with Crippen LogP contribution >= 0.6 is 11.3 Å². The zero-order chi connectivity index (χ0) is 25.1. The molecule has 0 spiro atoms. The fourth-order valence-corrected chi connectivity index (χ4v) is 4.54. The summed E-state index contributed by atoms with van der Waals surface area (Å²) < 4.78 is 12.3. The highest BCUT2D eigenvalue weighted by molar-refractivity contribution is 7.13. The van der Waals surface area contributed by atoms with Crippen LogP contribution in [0.15, 0.2) is 78.2 Å². The Morgan fingerprint density at radius 3 is 2.61 bits per heavy atom. The molecule has 0 saturated heterocycles. The van der Waals surface area contributed by atoms with E-state index in [0.29, 0.717) is 39.4 Å². The van der Waals surface area contributed by atoms with Gasteiger partial charge in [0.25, 0.3) is 5.91 Å². The number of amides is 1. The fourth-order valence-electron chi connectivity index (χ4n) is 3.86. The van der Waals surface area contributed by atoms with E-state index < -0.39 is 18.5 Å². The molecule has 0 aliphatic rings. The number of nitrogens with zero attached hydrogens (tertiary/aromatic N) is 3. The van der Waals surface area contributed by atoms with Crippen LogP contribution in [0, 0.1) is 6.92 Å². The minimum atomic E-state index is -0.628. The van der Waals surface area contributed by atoms with E-state index >= 15 is 0 Å². The van der Waals surface area contributed by atoms with Gasteiger partial charge in [0.15, 0.2) is 12.3 Å². The lowest BCUT2D eigenvalue weighted by molar-refractivity contribution is -0.119. The SMILES string of the molecule is COc1cccc(NC(=O)COC(=O)c2cc(-c3cccs3)nc3c2c(C)nn3-c2ccccc2)c1. The predicted molar refractivity (Wildman–Crippen MR) is 139 cm³/mol. The number of hydrogen-bond donors (Lipinski definition) is 1. The van der Waals surface area contributed by atoms with E-state index in [-0.39, 0.29) is 0 Å². The number of fused-ring (bicyclic) bond motifs is 1. The van der Waals surface area contributed by atoms with E-state index in [0.717, 1.165) is 10.6 Å². The molecular formula is C27H22N4O4S. The van der Waals surface area contributed by atoms with Crippen LogP contribution in [0.5, 0.6) is 5.75 Å². The molecule has 1 amide bonds. The Kier molecular flexibility index (Phi) is 6.46. The lowest BCUT2D eigenvalue weighted by Crippen LogP contribution is -2.21. The number of benzene rings is 2. The van der Waals surface area contributed by atoms with Gasteiger partial charge in [-0.15, -0.1) is 11.3 Å². The predicted octanol–water partition coefficient (Wildman–Crippen LogP) is 5.26. The van der Waals surface area contributed by atoms with Crippen LogP contribution in [0.4, 0.5) is 5.69 Å². The Labute approximate surface area is 211 Å². The van der Waals surface area contributed by atoms with Gasteiger partial charge in [0, 0.05) is 11.8 Å². The lowest BCUT2D eigenvalue weighted by atomic mass is 10.1. The van der Waals surface area contributed by atoms with Crippen molar-refractivity contribution < 1.29 is 19.1 Å². The number of anilines is 1. The van der Waals surface area contributed by atoms with Crippen LogP contribution in [0.3, 0.4) is 0 Å². The summed E-state index contributed by atoms with van der Waals surface area (Å²) in [6.07, 6.45) is 0. The maximum Gasteiger partial charge on any atom is 0.339 e. The van der Waals surface area contributed by atoms with Gasteiger partial charge in [-0.25, -0.2) is 14.5 Å². The molecular weight excluding hydrogens is 476 g/mol. The number of ether oxygens (including phenoxy) is 2. The van der Waals surface area contributed by atoms with Crippen LogP contribution in [0.25, 0.3) is 27.3 Å². The maximum atomic E-state index is 13.3. The average molecular weight is 499 g/mol. The zero-order valence-electron chi connectivity index (χ0n) is 19.6. The Morgan fingerprint density at radius 1 is 1.03 bits per heavy atom. The molecule has 0 atom stereocenters. The molecule has 36 heavy (non-hydrogen) atoms. The van der Waals surface area contributed by atoms with Crippen molar-refractivity contribution in [2.75, 3.05) is 19.0 Å². The van der Waals surface area contributed by atoms with Crippen LogP contribution in [-0.2, 0) is 9.53 Å². The van der Waals surface area contributed by atoms with E-state index in [9.17, 15) is 9.59 Å². The average Bonchev–Trinajstić information content (AvgIpc) is 3.56. The van der Waals surface area contributed by atoms with E-state index in [1.165, 1.54) is 11.3 Å². The van der Waals surface area contributed by atoms with Gasteiger partial charge in [-0.1, -0.05) is 30.3 Å². The Balaban J connectivity index is 1.47. The van der Waals surface area contributed by atoms with Gasteiger partial charge in [0.05, 0.1) is 40.0 Å². The fraction of sp³-hybridized carbons (Fsp3) is 0.111. The minimum absolute atomic E-state index is 0.303. The molecule has 0 aliphatic heterocycles. The molecule has 8 nitrogen and oxygen atoms in total. The monoisotopic (exact) mass is 498 g/mol. The molecule has 180 valence electrons. The van der Waals surface area contributed by atoms with Crippen molar-refractivity contribution in [2.24, 2.45) is 0 Å². The summed E-state index contributed by atoms with van der Waals surface area (Å²) in [4.78, 5) is 31.5. The van der Waals surface area contributed by atoms with Gasteiger partial charge < -0.3 is 14.8 Å². The van der Waals surface area contributed by atoms with Crippen LogP contribution in [-0.4, -0.2) is 40.4 Å². The molecule has 0 unspecified atom stereocenters. The number of aryl methyl sites for hydroxylation is 1. The second kappa shape index (κ2) is 10.0. The van der Waals surface area contributed by atoms with Gasteiger partial charge in [0.2, 0.25) is 0 Å². The number of nitrogens with one attached hydrogen (secondary N) is 1. The molecule has 5 aromatic rings. The normalized spacial score (nSPS) is 10.8. The topological polar surface area (TPSA) is 95.3 Å². The van der Waals surface area contributed by atoms with E-state index in [2.05, 4.69) is 10.4 Å². The molecule has 3 heterocycles. The molecule has 3 aromatic heterocycles. The van der Waals surface area contributed by atoms with Crippen molar-refractivity contribution in [3.63, 3.8) is 0 Å². The lowest BCUT2D eigenvalue weighted by Gasteiger charge is -2.10. The minimum Gasteiger partial charge on any atom is -0.497 e. The molecule has 2 aromatic carbocycles. The van der Waals surface area contributed by atoms with Gasteiger partial charge >= 0.3 is 5.97 Å². The molecule has 0 fully saturated rings. The third kappa shape index (κ3) is 4.69. The summed E-state index contributed by atoms with van der Waals surface area (Å²) in [5.74, 6) is -0.482. The van der Waals surface area contributed by atoms with Gasteiger partial charge in [-0.05, 0) is 48.7 Å². The maximum absolute atomic E-state index is 13.3. The Bertz CT molecular complexity index is 1550. The summed E-state index contributed by atoms with van der Waals surface area (Å²) in [7, 11) is 1.55. The van der Waals surface area contributed by atoms with Crippen molar-refractivity contribution in [1.82, 2.24) is 14.8 Å². The number of carbonyl (C=O) groups excluding carboxylic acids is 2. The van der Waals surface area contributed by atoms with Crippen molar-refractivity contribution in [3.05, 3.63) is 89.4 Å². The summed E-state index contributed by atoms with van der Waals surface area (Å²) in [6, 6.07) is 22.1. The van der Waals surface area contributed by atoms with Gasteiger partial charge in [-0.3, -0.25) is 4.79 Å². The molecule has 1 N–H and O–H groups in total. The number of thiophene rings is 1. The first-order valence-electron chi connectivity index (χ1n) is 11.1. The van der Waals surface area contributed by atoms with Gasteiger partial charge in [-0.2, -0.15) is 5.10 Å². The second-order valence-electron chi connectivity index (χ2n) is 7.92. The molecule has 0 radical (unpaired) electrons. The number of para-hydroxylation sites is 1. The number of methoxy groups -OCH3 is 1. The number of esters is 1. The molecule has 0 saturated carbocycles. The van der Waals surface area contributed by atoms with Gasteiger partial charge in [0.1, 0.15) is 5.75 Å². The smallest absolute Gasteiger partial charge is 0.339 e. The van der Waals surface area contributed by atoms with Crippen molar-refractivity contribution in [1.29, 1.82) is 0 Å². The first-order valence-corrected chi connectivity index (χ1v) is 12.0. The largest absolute Gasteiger partial charge is 0.497 e. The van der Waals surface area contributed by atoms with Crippen LogP contribution in [0.1, 0.15) is 16.1 Å². The zero-order valence-corrected chi connectivity index (χ0v) is 20.4. The molecule has 5 rings (SSSR count). The number of hydrogen-bond acceptors (Lipinski definition) is 7.